The van der Waals surface area contributed by atoms with Crippen LogP contribution in [0.2, 0.25) is 0 Å². The van der Waals surface area contributed by atoms with Crippen molar-refractivity contribution in [2.45, 2.75) is 51.4 Å². The van der Waals surface area contributed by atoms with E-state index in [-0.39, 0.29) is 11.7 Å². The van der Waals surface area contributed by atoms with Gasteiger partial charge in [-0.1, -0.05) is 32.0 Å². The molecule has 1 rings (SSSR count). The van der Waals surface area contributed by atoms with Crippen molar-refractivity contribution in [3.05, 3.63) is 5.82 Å². The highest BCUT2D eigenvalue weighted by Gasteiger charge is 2.13. The fraction of sp³-hybridized carbons (Fsp3) is 0.750. The van der Waals surface area contributed by atoms with E-state index in [1.807, 2.05) is 4.57 Å². The fourth-order valence-electron chi connectivity index (χ4n) is 1.52. The van der Waals surface area contributed by atoms with Gasteiger partial charge in [-0.2, -0.15) is 0 Å². The van der Waals surface area contributed by atoms with Crippen LogP contribution in [0.3, 0.4) is 0 Å². The smallest absolute Gasteiger partial charge is 0.316 e. The number of hydrogen-bond acceptors (Lipinski definition) is 6. The first-order valence-corrected chi connectivity index (χ1v) is 7.62. The minimum atomic E-state index is -0.209. The fourth-order valence-corrected chi connectivity index (χ4v) is 2.30. The number of carbonyl (C=O) groups is 1. The van der Waals surface area contributed by atoms with Crippen LogP contribution in [0.4, 0.5) is 0 Å². The van der Waals surface area contributed by atoms with Gasteiger partial charge >= 0.3 is 5.97 Å². The average molecular weight is 286 g/mol. The molecular weight excluding hydrogens is 264 g/mol. The minimum absolute atomic E-state index is 0.209. The molecule has 0 aliphatic heterocycles. The standard InChI is InChI=1S/C12H22N4O2S/c1-3-5-7-18-11(17)9-19-12-15-14-10(8-13)16(12)6-4-2/h3-9,13H2,1-2H3. The third-order valence-electron chi connectivity index (χ3n) is 2.50. The van der Waals surface area contributed by atoms with Crippen molar-refractivity contribution in [2.24, 2.45) is 5.73 Å². The van der Waals surface area contributed by atoms with Gasteiger partial charge in [0.1, 0.15) is 5.82 Å². The van der Waals surface area contributed by atoms with E-state index in [0.29, 0.717) is 13.2 Å². The third-order valence-corrected chi connectivity index (χ3v) is 3.44. The number of ether oxygens (including phenoxy) is 1. The van der Waals surface area contributed by atoms with E-state index in [0.717, 1.165) is 36.8 Å². The molecule has 0 saturated heterocycles. The molecule has 0 bridgehead atoms. The van der Waals surface area contributed by atoms with Gasteiger partial charge < -0.3 is 15.0 Å². The van der Waals surface area contributed by atoms with Crippen molar-refractivity contribution in [2.75, 3.05) is 12.4 Å². The number of aromatic nitrogens is 3. The van der Waals surface area contributed by atoms with Gasteiger partial charge in [0.25, 0.3) is 0 Å². The van der Waals surface area contributed by atoms with Crippen LogP contribution in [0.1, 0.15) is 38.9 Å². The van der Waals surface area contributed by atoms with Crippen molar-refractivity contribution < 1.29 is 9.53 Å². The van der Waals surface area contributed by atoms with Crippen LogP contribution in [-0.2, 0) is 22.6 Å². The number of thioether (sulfide) groups is 1. The van der Waals surface area contributed by atoms with E-state index >= 15 is 0 Å². The van der Waals surface area contributed by atoms with E-state index in [1.54, 1.807) is 0 Å². The number of nitrogens with two attached hydrogens (primary N) is 1. The lowest BCUT2D eigenvalue weighted by Gasteiger charge is -2.07. The average Bonchev–Trinajstić information content (AvgIpc) is 2.79. The summed E-state index contributed by atoms with van der Waals surface area (Å²) in [4.78, 5) is 11.5. The maximum absolute atomic E-state index is 11.5. The van der Waals surface area contributed by atoms with Crippen molar-refractivity contribution in [1.29, 1.82) is 0 Å². The monoisotopic (exact) mass is 286 g/mol. The molecule has 1 aromatic heterocycles. The lowest BCUT2D eigenvalue weighted by molar-refractivity contribution is -0.140. The number of nitrogens with zero attached hydrogens (tertiary/aromatic N) is 3. The number of esters is 1. The highest BCUT2D eigenvalue weighted by Crippen LogP contribution is 2.17. The topological polar surface area (TPSA) is 83.0 Å². The van der Waals surface area contributed by atoms with E-state index in [1.165, 1.54) is 11.8 Å². The number of hydrogen-bond donors (Lipinski definition) is 1. The molecule has 0 unspecified atom stereocenters. The number of rotatable bonds is 9. The van der Waals surface area contributed by atoms with Gasteiger partial charge in [0.15, 0.2) is 5.16 Å². The molecule has 0 radical (unpaired) electrons. The first-order valence-electron chi connectivity index (χ1n) is 6.63. The molecule has 108 valence electrons. The van der Waals surface area contributed by atoms with Crippen LogP contribution in [0.25, 0.3) is 0 Å². The largest absolute Gasteiger partial charge is 0.465 e. The molecule has 2 N–H and O–H groups in total. The van der Waals surface area contributed by atoms with Crippen molar-refractivity contribution >= 4 is 17.7 Å². The first-order chi connectivity index (χ1) is 9.22. The maximum Gasteiger partial charge on any atom is 0.316 e. The van der Waals surface area contributed by atoms with Gasteiger partial charge in [-0.05, 0) is 12.8 Å². The molecule has 0 amide bonds. The zero-order chi connectivity index (χ0) is 14.1. The molecule has 0 aromatic carbocycles. The molecule has 1 aromatic rings. The van der Waals surface area contributed by atoms with Crippen molar-refractivity contribution in [3.63, 3.8) is 0 Å². The summed E-state index contributed by atoms with van der Waals surface area (Å²) in [5.41, 5.74) is 5.61. The molecule has 0 aliphatic carbocycles. The molecule has 1 heterocycles. The van der Waals surface area contributed by atoms with E-state index in [2.05, 4.69) is 24.0 Å². The van der Waals surface area contributed by atoms with Crippen molar-refractivity contribution in [1.82, 2.24) is 14.8 Å². The Hall–Kier alpha value is -1.08. The van der Waals surface area contributed by atoms with Crippen LogP contribution in [0.5, 0.6) is 0 Å². The van der Waals surface area contributed by atoms with Crippen molar-refractivity contribution in [3.8, 4) is 0 Å². The van der Waals surface area contributed by atoms with Crippen LogP contribution in [0, 0.1) is 0 Å². The van der Waals surface area contributed by atoms with E-state index in [9.17, 15) is 4.79 Å². The molecule has 7 heteroatoms. The summed E-state index contributed by atoms with van der Waals surface area (Å²) in [5, 5.41) is 8.82. The molecule has 0 fully saturated rings. The Labute approximate surface area is 118 Å². The van der Waals surface area contributed by atoms with Gasteiger partial charge in [-0.3, -0.25) is 4.79 Å². The zero-order valence-corrected chi connectivity index (χ0v) is 12.4. The van der Waals surface area contributed by atoms with Gasteiger partial charge in [0, 0.05) is 6.54 Å². The van der Waals surface area contributed by atoms with Gasteiger partial charge in [0.2, 0.25) is 0 Å². The lowest BCUT2D eigenvalue weighted by Crippen LogP contribution is -2.11. The molecule has 6 nitrogen and oxygen atoms in total. The Morgan fingerprint density at radius 3 is 2.79 bits per heavy atom. The molecule has 19 heavy (non-hydrogen) atoms. The maximum atomic E-state index is 11.5. The summed E-state index contributed by atoms with van der Waals surface area (Å²) in [5.74, 6) is 0.804. The van der Waals surface area contributed by atoms with Gasteiger partial charge in [-0.25, -0.2) is 0 Å². The highest BCUT2D eigenvalue weighted by atomic mass is 32.2. The van der Waals surface area contributed by atoms with Gasteiger partial charge in [0.05, 0.1) is 18.9 Å². The number of carbonyl (C=O) groups excluding carboxylic acids is 1. The summed E-state index contributed by atoms with van der Waals surface area (Å²) in [7, 11) is 0. The summed E-state index contributed by atoms with van der Waals surface area (Å²) in [6, 6.07) is 0. The Kier molecular flexibility index (Phi) is 7.50. The molecule has 0 saturated carbocycles. The predicted molar refractivity (Wildman–Crippen MR) is 74.8 cm³/mol. The minimum Gasteiger partial charge on any atom is -0.465 e. The summed E-state index contributed by atoms with van der Waals surface area (Å²) < 4.78 is 7.06. The van der Waals surface area contributed by atoms with Crippen LogP contribution < -0.4 is 5.73 Å². The van der Waals surface area contributed by atoms with E-state index < -0.39 is 0 Å². The quantitative estimate of drug-likeness (QED) is 0.421. The molecule has 0 aliphatic rings. The Balaban J connectivity index is 2.48. The Morgan fingerprint density at radius 1 is 1.37 bits per heavy atom. The zero-order valence-electron chi connectivity index (χ0n) is 11.6. The molecular formula is C12H22N4O2S. The van der Waals surface area contributed by atoms with Crippen LogP contribution >= 0.6 is 11.8 Å². The second-order valence-corrected chi connectivity index (χ2v) is 5.06. The Bertz CT molecular complexity index is 395. The molecule has 0 atom stereocenters. The third kappa shape index (κ3) is 5.20. The summed E-state index contributed by atoms with van der Waals surface area (Å²) in [6.07, 6.45) is 2.89. The van der Waals surface area contributed by atoms with Crippen LogP contribution in [0.15, 0.2) is 5.16 Å². The van der Waals surface area contributed by atoms with Crippen LogP contribution in [-0.4, -0.2) is 33.1 Å². The second-order valence-electron chi connectivity index (χ2n) is 4.12. The predicted octanol–water partition coefficient (Wildman–Crippen LogP) is 1.58. The summed E-state index contributed by atoms with van der Waals surface area (Å²) in [6.45, 7) is 5.80. The summed E-state index contributed by atoms with van der Waals surface area (Å²) >= 11 is 1.35. The molecule has 0 spiro atoms. The SMILES string of the molecule is CCCCOC(=O)CSc1nnc(CN)n1CCC. The number of unbranched alkanes of at least 4 members (excludes halogenated alkanes) is 1. The normalized spacial score (nSPS) is 10.7. The van der Waals surface area contributed by atoms with Gasteiger partial charge in [-0.15, -0.1) is 10.2 Å². The second kappa shape index (κ2) is 8.92. The van der Waals surface area contributed by atoms with E-state index in [4.69, 9.17) is 10.5 Å². The lowest BCUT2D eigenvalue weighted by atomic mass is 10.4. The first kappa shape index (κ1) is 16.0. The highest BCUT2D eigenvalue weighted by molar-refractivity contribution is 7.99. The Morgan fingerprint density at radius 2 is 2.16 bits per heavy atom.